The van der Waals surface area contributed by atoms with Gasteiger partial charge in [-0.05, 0) is 31.0 Å². The Kier molecular flexibility index (Phi) is 6.80. The zero-order chi connectivity index (χ0) is 14.4. The molecule has 0 aromatic heterocycles. The van der Waals surface area contributed by atoms with Crippen LogP contribution in [0.3, 0.4) is 0 Å². The van der Waals surface area contributed by atoms with Crippen molar-refractivity contribution in [3.05, 3.63) is 34.6 Å². The van der Waals surface area contributed by atoms with Crippen LogP contribution in [-0.4, -0.2) is 28.7 Å². The molecule has 0 radical (unpaired) electrons. The highest BCUT2D eigenvalue weighted by Gasteiger charge is 2.24. The van der Waals surface area contributed by atoms with Crippen LogP contribution in [0.1, 0.15) is 37.0 Å². The van der Waals surface area contributed by atoms with E-state index in [1.54, 1.807) is 4.90 Å². The molecule has 0 aliphatic carbocycles. The fraction of sp³-hybridized carbons (Fsp3) is 0.500. The first-order valence-corrected chi connectivity index (χ1v) is 7.87. The van der Waals surface area contributed by atoms with Crippen molar-refractivity contribution < 1.29 is 9.18 Å². The highest BCUT2D eigenvalue weighted by Crippen LogP contribution is 2.19. The molecule has 2 nitrogen and oxygen atoms in total. The maximum Gasteiger partial charge on any atom is 0.257 e. The zero-order valence-electron chi connectivity index (χ0n) is 11.1. The van der Waals surface area contributed by atoms with E-state index in [9.17, 15) is 9.18 Å². The van der Waals surface area contributed by atoms with Gasteiger partial charge in [0.2, 0.25) is 0 Å². The molecule has 0 bridgehead atoms. The Morgan fingerprint density at radius 2 is 2.05 bits per heavy atom. The first-order valence-electron chi connectivity index (χ1n) is 6.37. The van der Waals surface area contributed by atoms with E-state index in [0.29, 0.717) is 16.9 Å². The number of halogens is 3. The van der Waals surface area contributed by atoms with Crippen LogP contribution in [0.5, 0.6) is 0 Å². The Morgan fingerprint density at radius 1 is 1.42 bits per heavy atom. The zero-order valence-corrected chi connectivity index (χ0v) is 13.5. The van der Waals surface area contributed by atoms with Gasteiger partial charge in [0.25, 0.3) is 5.91 Å². The molecule has 0 N–H and O–H groups in total. The molecule has 0 saturated heterocycles. The van der Waals surface area contributed by atoms with Gasteiger partial charge in [-0.3, -0.25) is 4.79 Å². The van der Waals surface area contributed by atoms with E-state index in [4.69, 9.17) is 11.6 Å². The molecule has 0 aliphatic rings. The lowest BCUT2D eigenvalue weighted by Gasteiger charge is -2.30. The lowest BCUT2D eigenvalue weighted by atomic mass is 10.1. The number of hydrogen-bond acceptors (Lipinski definition) is 1. The number of alkyl halides is 1. The van der Waals surface area contributed by atoms with E-state index in [1.807, 2.05) is 13.8 Å². The summed E-state index contributed by atoms with van der Waals surface area (Å²) in [6.45, 7) is 4.62. The summed E-state index contributed by atoms with van der Waals surface area (Å²) in [7, 11) is 0. The summed E-state index contributed by atoms with van der Waals surface area (Å²) >= 11 is 9.05. The maximum atomic E-state index is 13.8. The summed E-state index contributed by atoms with van der Waals surface area (Å²) in [6.07, 6.45) is 1.70. The van der Waals surface area contributed by atoms with E-state index in [0.717, 1.165) is 12.8 Å². The van der Waals surface area contributed by atoms with Crippen molar-refractivity contribution in [1.29, 1.82) is 0 Å². The van der Waals surface area contributed by atoms with Crippen LogP contribution in [0, 0.1) is 5.82 Å². The minimum Gasteiger partial charge on any atom is -0.335 e. The van der Waals surface area contributed by atoms with Gasteiger partial charge in [0, 0.05) is 22.9 Å². The third-order valence-electron chi connectivity index (χ3n) is 3.13. The summed E-state index contributed by atoms with van der Waals surface area (Å²) in [5.41, 5.74) is 0.0808. The number of benzene rings is 1. The minimum atomic E-state index is -0.567. The van der Waals surface area contributed by atoms with E-state index in [1.165, 1.54) is 18.2 Å². The molecular weight excluding hydrogens is 333 g/mol. The quantitative estimate of drug-likeness (QED) is 0.692. The van der Waals surface area contributed by atoms with E-state index >= 15 is 0 Å². The predicted molar refractivity (Wildman–Crippen MR) is 80.6 cm³/mol. The minimum absolute atomic E-state index is 0.0808. The molecular formula is C14H18BrClFNO. The average molecular weight is 351 g/mol. The molecule has 106 valence electrons. The number of amides is 1. The smallest absolute Gasteiger partial charge is 0.257 e. The fourth-order valence-corrected chi connectivity index (χ4v) is 2.63. The molecule has 1 aromatic rings. The molecule has 0 atom stereocenters. The van der Waals surface area contributed by atoms with E-state index in [-0.39, 0.29) is 17.5 Å². The van der Waals surface area contributed by atoms with Crippen LogP contribution in [-0.2, 0) is 0 Å². The largest absolute Gasteiger partial charge is 0.335 e. The monoisotopic (exact) mass is 349 g/mol. The highest BCUT2D eigenvalue weighted by atomic mass is 79.9. The van der Waals surface area contributed by atoms with Crippen molar-refractivity contribution in [2.75, 3.05) is 11.9 Å². The SMILES string of the molecule is CCC(CC)N(CCBr)C(=O)c1ccc(Cl)cc1F. The van der Waals surface area contributed by atoms with Gasteiger partial charge < -0.3 is 4.90 Å². The Hall–Kier alpha value is -0.610. The van der Waals surface area contributed by atoms with Crippen molar-refractivity contribution >= 4 is 33.4 Å². The molecule has 0 fully saturated rings. The number of nitrogens with zero attached hydrogens (tertiary/aromatic N) is 1. The standard InChI is InChI=1S/C14H18BrClFNO/c1-3-11(4-2)18(8-7-15)14(19)12-6-5-10(16)9-13(12)17/h5-6,9,11H,3-4,7-8H2,1-2H3. The second kappa shape index (κ2) is 7.85. The van der Waals surface area contributed by atoms with Crippen LogP contribution in [0.2, 0.25) is 5.02 Å². The fourth-order valence-electron chi connectivity index (χ4n) is 2.09. The summed E-state index contributed by atoms with van der Waals surface area (Å²) in [5, 5.41) is 0.966. The second-order valence-electron chi connectivity index (χ2n) is 4.28. The van der Waals surface area contributed by atoms with Crippen LogP contribution >= 0.6 is 27.5 Å². The van der Waals surface area contributed by atoms with Crippen molar-refractivity contribution in [3.63, 3.8) is 0 Å². The molecule has 0 heterocycles. The number of hydrogen-bond donors (Lipinski definition) is 0. The first kappa shape index (κ1) is 16.4. The van der Waals surface area contributed by atoms with E-state index < -0.39 is 5.82 Å². The Balaban J connectivity index is 3.04. The van der Waals surface area contributed by atoms with Gasteiger partial charge in [0.05, 0.1) is 5.56 Å². The molecule has 0 aliphatic heterocycles. The Bertz CT molecular complexity index is 437. The summed E-state index contributed by atoms with van der Waals surface area (Å²) in [6, 6.07) is 4.29. The maximum absolute atomic E-state index is 13.8. The summed E-state index contributed by atoms with van der Waals surface area (Å²) < 4.78 is 13.8. The van der Waals surface area contributed by atoms with Gasteiger partial charge in [-0.1, -0.05) is 41.4 Å². The third kappa shape index (κ3) is 4.18. The Labute approximate surface area is 127 Å². The van der Waals surface area contributed by atoms with Gasteiger partial charge in [-0.25, -0.2) is 4.39 Å². The predicted octanol–water partition coefficient (Wildman–Crippen LogP) is 4.50. The van der Waals surface area contributed by atoms with Gasteiger partial charge in [-0.2, -0.15) is 0 Å². The van der Waals surface area contributed by atoms with Crippen LogP contribution in [0.15, 0.2) is 18.2 Å². The normalized spacial score (nSPS) is 10.8. The van der Waals surface area contributed by atoms with Gasteiger partial charge >= 0.3 is 0 Å². The molecule has 0 saturated carbocycles. The van der Waals surface area contributed by atoms with Crippen molar-refractivity contribution in [1.82, 2.24) is 4.90 Å². The van der Waals surface area contributed by atoms with Gasteiger partial charge in [0.1, 0.15) is 5.82 Å². The highest BCUT2D eigenvalue weighted by molar-refractivity contribution is 9.09. The Morgan fingerprint density at radius 3 is 2.53 bits per heavy atom. The number of carbonyl (C=O) groups excluding carboxylic acids is 1. The summed E-state index contributed by atoms with van der Waals surface area (Å²) in [4.78, 5) is 14.2. The molecule has 1 aromatic carbocycles. The van der Waals surface area contributed by atoms with Crippen LogP contribution in [0.4, 0.5) is 4.39 Å². The molecule has 19 heavy (non-hydrogen) atoms. The number of rotatable bonds is 6. The molecule has 5 heteroatoms. The first-order chi connectivity index (χ1) is 9.04. The topological polar surface area (TPSA) is 20.3 Å². The lowest BCUT2D eigenvalue weighted by molar-refractivity contribution is 0.0678. The van der Waals surface area contributed by atoms with Crippen molar-refractivity contribution in [2.24, 2.45) is 0 Å². The molecule has 1 rings (SSSR count). The molecule has 0 unspecified atom stereocenters. The van der Waals surface area contributed by atoms with Crippen molar-refractivity contribution in [3.8, 4) is 0 Å². The molecule has 1 amide bonds. The second-order valence-corrected chi connectivity index (χ2v) is 5.51. The van der Waals surface area contributed by atoms with Gasteiger partial charge in [-0.15, -0.1) is 0 Å². The lowest BCUT2D eigenvalue weighted by Crippen LogP contribution is -2.41. The van der Waals surface area contributed by atoms with Gasteiger partial charge in [0.15, 0.2) is 0 Å². The van der Waals surface area contributed by atoms with E-state index in [2.05, 4.69) is 15.9 Å². The average Bonchev–Trinajstić information content (AvgIpc) is 2.38. The summed E-state index contributed by atoms with van der Waals surface area (Å²) in [5.74, 6) is -0.842. The third-order valence-corrected chi connectivity index (χ3v) is 3.72. The number of carbonyl (C=O) groups is 1. The van der Waals surface area contributed by atoms with Crippen molar-refractivity contribution in [2.45, 2.75) is 32.7 Å². The molecule has 0 spiro atoms. The van der Waals surface area contributed by atoms with Crippen LogP contribution < -0.4 is 0 Å². The van der Waals surface area contributed by atoms with Crippen LogP contribution in [0.25, 0.3) is 0 Å².